The van der Waals surface area contributed by atoms with Crippen LogP contribution in [0.15, 0.2) is 42.1 Å². The Morgan fingerprint density at radius 3 is 2.48 bits per heavy atom. The number of thiocarbonyl (C=S) groups is 1. The van der Waals surface area contributed by atoms with Gasteiger partial charge in [0.15, 0.2) is 5.11 Å². The molecular formula is C20H20N2O3S2. The highest BCUT2D eigenvalue weighted by molar-refractivity contribution is 7.80. The van der Waals surface area contributed by atoms with Gasteiger partial charge < -0.3 is 9.64 Å². The fourth-order valence-electron chi connectivity index (χ4n) is 2.80. The van der Waals surface area contributed by atoms with Crippen LogP contribution in [-0.2, 0) is 20.7 Å². The van der Waals surface area contributed by atoms with E-state index < -0.39 is 5.97 Å². The van der Waals surface area contributed by atoms with E-state index in [2.05, 4.69) is 6.92 Å². The molecule has 1 amide bonds. The van der Waals surface area contributed by atoms with Crippen molar-refractivity contribution in [2.24, 2.45) is 0 Å². The number of hydrogen-bond acceptors (Lipinski definition) is 5. The molecule has 0 spiro atoms. The van der Waals surface area contributed by atoms with Crippen molar-refractivity contribution in [3.05, 3.63) is 57.4 Å². The second kappa shape index (κ2) is 8.02. The van der Waals surface area contributed by atoms with Gasteiger partial charge in [0.05, 0.1) is 12.8 Å². The van der Waals surface area contributed by atoms with E-state index in [1.807, 2.05) is 43.3 Å². The third-order valence-electron chi connectivity index (χ3n) is 4.29. The van der Waals surface area contributed by atoms with Crippen molar-refractivity contribution in [3.8, 4) is 0 Å². The molecule has 27 heavy (non-hydrogen) atoms. The van der Waals surface area contributed by atoms with Gasteiger partial charge in [-0.2, -0.15) is 0 Å². The number of amides is 1. The first-order chi connectivity index (χ1) is 12.9. The van der Waals surface area contributed by atoms with E-state index in [0.717, 1.165) is 16.2 Å². The van der Waals surface area contributed by atoms with Crippen molar-refractivity contribution < 1.29 is 14.3 Å². The Morgan fingerprint density at radius 2 is 1.93 bits per heavy atom. The zero-order valence-corrected chi connectivity index (χ0v) is 17.0. The van der Waals surface area contributed by atoms with E-state index in [1.165, 1.54) is 22.5 Å². The van der Waals surface area contributed by atoms with Crippen molar-refractivity contribution in [1.82, 2.24) is 4.90 Å². The van der Waals surface area contributed by atoms with Crippen LogP contribution in [0.2, 0.25) is 0 Å². The number of benzene rings is 1. The van der Waals surface area contributed by atoms with Gasteiger partial charge in [0.1, 0.15) is 12.2 Å². The van der Waals surface area contributed by atoms with Gasteiger partial charge >= 0.3 is 5.97 Å². The van der Waals surface area contributed by atoms with E-state index in [1.54, 1.807) is 17.4 Å². The zero-order valence-electron chi connectivity index (χ0n) is 15.4. The first-order valence-electron chi connectivity index (χ1n) is 8.54. The topological polar surface area (TPSA) is 49.9 Å². The van der Waals surface area contributed by atoms with Crippen molar-refractivity contribution in [3.63, 3.8) is 0 Å². The molecule has 5 nitrogen and oxygen atoms in total. The van der Waals surface area contributed by atoms with Gasteiger partial charge in [0, 0.05) is 9.75 Å². The number of methoxy groups -OCH3 is 1. The van der Waals surface area contributed by atoms with Crippen LogP contribution in [0, 0.1) is 6.92 Å². The molecule has 1 aliphatic heterocycles. The molecule has 0 bridgehead atoms. The van der Waals surface area contributed by atoms with Crippen LogP contribution in [0.5, 0.6) is 0 Å². The molecule has 0 atom stereocenters. The summed E-state index contributed by atoms with van der Waals surface area (Å²) in [5.74, 6) is -0.708. The maximum absolute atomic E-state index is 13.1. The molecule has 0 radical (unpaired) electrons. The van der Waals surface area contributed by atoms with Gasteiger partial charge in [-0.3, -0.25) is 14.5 Å². The van der Waals surface area contributed by atoms with E-state index in [4.69, 9.17) is 17.0 Å². The SMILES string of the molecule is CCc1ccc(N2C(=O)/C(=C/c3ccc(C)s3)N(CC(=O)OC)C2=S)cc1. The number of ether oxygens (including phenoxy) is 1. The number of carbonyl (C=O) groups excluding carboxylic acids is 2. The Bertz CT molecular complexity index is 916. The van der Waals surface area contributed by atoms with Gasteiger partial charge in [-0.25, -0.2) is 0 Å². The second-order valence-corrected chi connectivity index (χ2v) is 7.77. The lowest BCUT2D eigenvalue weighted by molar-refractivity contribution is -0.140. The van der Waals surface area contributed by atoms with E-state index in [0.29, 0.717) is 11.4 Å². The third kappa shape index (κ3) is 3.94. The molecule has 3 rings (SSSR count). The van der Waals surface area contributed by atoms with Crippen molar-refractivity contribution in [2.75, 3.05) is 18.6 Å². The molecule has 1 saturated heterocycles. The average Bonchev–Trinajstić information content (AvgIpc) is 3.18. The number of thiophene rings is 1. The summed E-state index contributed by atoms with van der Waals surface area (Å²) >= 11 is 7.11. The largest absolute Gasteiger partial charge is 0.468 e. The molecule has 2 aromatic rings. The van der Waals surface area contributed by atoms with Crippen LogP contribution >= 0.6 is 23.6 Å². The molecule has 2 heterocycles. The summed E-state index contributed by atoms with van der Waals surface area (Å²) < 4.78 is 4.77. The summed E-state index contributed by atoms with van der Waals surface area (Å²) in [6, 6.07) is 11.6. The van der Waals surface area contributed by atoms with Crippen molar-refractivity contribution in [2.45, 2.75) is 20.3 Å². The highest BCUT2D eigenvalue weighted by atomic mass is 32.1. The normalized spacial score (nSPS) is 15.7. The summed E-state index contributed by atoms with van der Waals surface area (Å²) in [4.78, 5) is 30.1. The van der Waals surface area contributed by atoms with E-state index in [9.17, 15) is 9.59 Å². The summed E-state index contributed by atoms with van der Waals surface area (Å²) in [6.07, 6.45) is 2.69. The predicted molar refractivity (Wildman–Crippen MR) is 112 cm³/mol. The average molecular weight is 401 g/mol. The fourth-order valence-corrected chi connectivity index (χ4v) is 3.97. The van der Waals surface area contributed by atoms with Gasteiger partial charge in [-0.1, -0.05) is 19.1 Å². The molecule has 1 aromatic heterocycles. The van der Waals surface area contributed by atoms with Crippen LogP contribution in [0.4, 0.5) is 5.69 Å². The van der Waals surface area contributed by atoms with Gasteiger partial charge in [0.2, 0.25) is 0 Å². The molecule has 1 aromatic carbocycles. The predicted octanol–water partition coefficient (Wildman–Crippen LogP) is 3.77. The number of esters is 1. The monoisotopic (exact) mass is 400 g/mol. The van der Waals surface area contributed by atoms with Crippen LogP contribution in [0.3, 0.4) is 0 Å². The molecule has 0 saturated carbocycles. The number of aryl methyl sites for hydroxylation is 2. The standard InChI is InChI=1S/C20H20N2O3S2/c1-4-14-6-8-15(9-7-14)22-19(24)17(11-16-10-5-13(2)27-16)21(20(22)26)12-18(23)25-3/h5-11H,4,12H2,1-3H3/b17-11-. The lowest BCUT2D eigenvalue weighted by atomic mass is 10.1. The third-order valence-corrected chi connectivity index (χ3v) is 5.64. The molecule has 7 heteroatoms. The van der Waals surface area contributed by atoms with Crippen molar-refractivity contribution >= 4 is 52.3 Å². The fraction of sp³-hybridized carbons (Fsp3) is 0.250. The Morgan fingerprint density at radius 1 is 1.22 bits per heavy atom. The Balaban J connectivity index is 2.01. The number of anilines is 1. The number of nitrogens with zero attached hydrogens (tertiary/aromatic N) is 2. The summed E-state index contributed by atoms with van der Waals surface area (Å²) in [6.45, 7) is 3.96. The smallest absolute Gasteiger partial charge is 0.325 e. The number of carbonyl (C=O) groups is 2. The highest BCUT2D eigenvalue weighted by Gasteiger charge is 2.40. The lowest BCUT2D eigenvalue weighted by Gasteiger charge is -2.19. The van der Waals surface area contributed by atoms with Gasteiger partial charge in [0.25, 0.3) is 5.91 Å². The second-order valence-electron chi connectivity index (χ2n) is 6.08. The minimum atomic E-state index is -0.457. The zero-order chi connectivity index (χ0) is 19.6. The Labute approximate surface area is 167 Å². The Hall–Kier alpha value is -2.51. The minimum absolute atomic E-state index is 0.110. The molecule has 1 fully saturated rings. The minimum Gasteiger partial charge on any atom is -0.468 e. The van der Waals surface area contributed by atoms with Gasteiger partial charge in [-0.05, 0) is 61.5 Å². The Kier molecular flexibility index (Phi) is 5.72. The van der Waals surface area contributed by atoms with Gasteiger partial charge in [-0.15, -0.1) is 11.3 Å². The first-order valence-corrected chi connectivity index (χ1v) is 9.77. The quantitative estimate of drug-likeness (QED) is 0.434. The molecule has 1 aliphatic rings. The van der Waals surface area contributed by atoms with E-state index in [-0.39, 0.29) is 17.6 Å². The first kappa shape index (κ1) is 19.3. The molecule has 0 unspecified atom stereocenters. The molecule has 0 aliphatic carbocycles. The van der Waals surface area contributed by atoms with Crippen LogP contribution in [-0.4, -0.2) is 35.5 Å². The number of hydrogen-bond donors (Lipinski definition) is 0. The molecular weight excluding hydrogens is 380 g/mol. The van der Waals surface area contributed by atoms with Crippen LogP contribution in [0.1, 0.15) is 22.2 Å². The molecule has 0 N–H and O–H groups in total. The number of rotatable bonds is 5. The van der Waals surface area contributed by atoms with Crippen molar-refractivity contribution in [1.29, 1.82) is 0 Å². The highest BCUT2D eigenvalue weighted by Crippen LogP contribution is 2.30. The van der Waals surface area contributed by atoms with E-state index >= 15 is 0 Å². The summed E-state index contributed by atoms with van der Waals surface area (Å²) in [5.41, 5.74) is 2.22. The van der Waals surface area contributed by atoms with Crippen LogP contribution < -0.4 is 4.90 Å². The summed E-state index contributed by atoms with van der Waals surface area (Å²) in [5, 5.41) is 0.272. The maximum Gasteiger partial charge on any atom is 0.325 e. The summed E-state index contributed by atoms with van der Waals surface area (Å²) in [7, 11) is 1.32. The molecule has 140 valence electrons. The maximum atomic E-state index is 13.1. The lowest BCUT2D eigenvalue weighted by Crippen LogP contribution is -2.35. The van der Waals surface area contributed by atoms with Crippen LogP contribution in [0.25, 0.3) is 6.08 Å².